The van der Waals surface area contributed by atoms with Crippen LogP contribution in [0.15, 0.2) is 83.8 Å². The predicted octanol–water partition coefficient (Wildman–Crippen LogP) is 5.74. The van der Waals surface area contributed by atoms with Gasteiger partial charge in [0.1, 0.15) is 0 Å². The van der Waals surface area contributed by atoms with Crippen LogP contribution in [-0.4, -0.2) is 6.26 Å². The van der Waals surface area contributed by atoms with Gasteiger partial charge in [0, 0.05) is 4.90 Å². The van der Waals surface area contributed by atoms with E-state index in [4.69, 9.17) is 0 Å². The van der Waals surface area contributed by atoms with Crippen molar-refractivity contribution in [3.8, 4) is 22.3 Å². The summed E-state index contributed by atoms with van der Waals surface area (Å²) in [6.07, 6.45) is 2.13. The zero-order valence-electron chi connectivity index (χ0n) is 11.4. The van der Waals surface area contributed by atoms with Crippen LogP contribution in [0.2, 0.25) is 0 Å². The van der Waals surface area contributed by atoms with Crippen LogP contribution in [0.5, 0.6) is 0 Å². The number of hydrogen-bond donors (Lipinski definition) is 0. The van der Waals surface area contributed by atoms with Crippen LogP contribution in [0.1, 0.15) is 0 Å². The fourth-order valence-electron chi connectivity index (χ4n) is 2.45. The first-order valence-electron chi connectivity index (χ1n) is 6.68. The first kappa shape index (κ1) is 13.0. The van der Waals surface area contributed by atoms with Gasteiger partial charge in [0.2, 0.25) is 0 Å². The molecule has 0 N–H and O–H groups in total. The van der Waals surface area contributed by atoms with Crippen molar-refractivity contribution in [2.24, 2.45) is 0 Å². The molecule has 0 radical (unpaired) electrons. The standard InChI is InChI=1S/C19H16S/c1-20-19-14-8-7-13-18(19)17-12-6-5-11-16(17)15-9-3-2-4-10-15/h2-14H,1H3. The minimum atomic E-state index is 1.26. The molecule has 0 aliphatic heterocycles. The van der Waals surface area contributed by atoms with Crippen molar-refractivity contribution in [2.75, 3.05) is 6.26 Å². The summed E-state index contributed by atoms with van der Waals surface area (Å²) in [4.78, 5) is 1.32. The molecule has 0 spiro atoms. The molecule has 0 saturated heterocycles. The molecule has 0 heterocycles. The fourth-order valence-corrected chi connectivity index (χ4v) is 3.07. The minimum Gasteiger partial charge on any atom is -0.129 e. The highest BCUT2D eigenvalue weighted by atomic mass is 32.2. The Balaban J connectivity index is 2.20. The van der Waals surface area contributed by atoms with E-state index >= 15 is 0 Å². The molecule has 0 aliphatic rings. The molecule has 0 atom stereocenters. The zero-order valence-corrected chi connectivity index (χ0v) is 12.2. The van der Waals surface area contributed by atoms with E-state index in [1.807, 2.05) is 0 Å². The molecule has 3 aromatic rings. The summed E-state index contributed by atoms with van der Waals surface area (Å²) >= 11 is 1.79. The molecule has 0 fully saturated rings. The third-order valence-corrected chi connectivity index (χ3v) is 4.20. The van der Waals surface area contributed by atoms with Gasteiger partial charge in [-0.15, -0.1) is 11.8 Å². The van der Waals surface area contributed by atoms with E-state index in [1.54, 1.807) is 11.8 Å². The molecule has 0 aromatic heterocycles. The maximum Gasteiger partial charge on any atom is 0.0148 e. The third-order valence-electron chi connectivity index (χ3n) is 3.41. The van der Waals surface area contributed by atoms with Crippen LogP contribution in [0.3, 0.4) is 0 Å². The molecule has 0 unspecified atom stereocenters. The molecular formula is C19H16S. The molecule has 0 aliphatic carbocycles. The van der Waals surface area contributed by atoms with E-state index in [-0.39, 0.29) is 0 Å². The van der Waals surface area contributed by atoms with Gasteiger partial charge in [-0.25, -0.2) is 0 Å². The maximum atomic E-state index is 2.21. The van der Waals surface area contributed by atoms with Gasteiger partial charge in [-0.3, -0.25) is 0 Å². The van der Waals surface area contributed by atoms with E-state index in [9.17, 15) is 0 Å². The summed E-state index contributed by atoms with van der Waals surface area (Å²) in [5.41, 5.74) is 5.15. The summed E-state index contributed by atoms with van der Waals surface area (Å²) in [5, 5.41) is 0. The Kier molecular flexibility index (Phi) is 3.89. The van der Waals surface area contributed by atoms with Crippen LogP contribution in [0, 0.1) is 0 Å². The lowest BCUT2D eigenvalue weighted by Crippen LogP contribution is -1.86. The highest BCUT2D eigenvalue weighted by Crippen LogP contribution is 2.36. The van der Waals surface area contributed by atoms with Gasteiger partial charge in [0.25, 0.3) is 0 Å². The van der Waals surface area contributed by atoms with Crippen molar-refractivity contribution in [1.82, 2.24) is 0 Å². The summed E-state index contributed by atoms with van der Waals surface area (Å²) < 4.78 is 0. The average Bonchev–Trinajstić information content (AvgIpc) is 2.55. The second kappa shape index (κ2) is 5.98. The highest BCUT2D eigenvalue weighted by molar-refractivity contribution is 7.98. The van der Waals surface area contributed by atoms with E-state index in [2.05, 4.69) is 85.1 Å². The van der Waals surface area contributed by atoms with Crippen LogP contribution < -0.4 is 0 Å². The number of benzene rings is 3. The lowest BCUT2D eigenvalue weighted by Gasteiger charge is -2.13. The lowest BCUT2D eigenvalue weighted by atomic mass is 9.95. The van der Waals surface area contributed by atoms with E-state index < -0.39 is 0 Å². The minimum absolute atomic E-state index is 1.26. The monoisotopic (exact) mass is 276 g/mol. The molecule has 0 nitrogen and oxygen atoms in total. The summed E-state index contributed by atoms with van der Waals surface area (Å²) in [6, 6.07) is 27.8. The topological polar surface area (TPSA) is 0 Å². The zero-order chi connectivity index (χ0) is 13.8. The summed E-state index contributed by atoms with van der Waals surface area (Å²) in [6.45, 7) is 0. The first-order valence-corrected chi connectivity index (χ1v) is 7.90. The van der Waals surface area contributed by atoms with Gasteiger partial charge in [0.15, 0.2) is 0 Å². The van der Waals surface area contributed by atoms with E-state index in [1.165, 1.54) is 27.1 Å². The molecule has 0 saturated carbocycles. The van der Waals surface area contributed by atoms with Crippen molar-refractivity contribution in [3.05, 3.63) is 78.9 Å². The summed E-state index contributed by atoms with van der Waals surface area (Å²) in [5.74, 6) is 0. The third kappa shape index (κ3) is 2.50. The maximum absolute atomic E-state index is 2.21. The Labute approximate surface area is 124 Å². The van der Waals surface area contributed by atoms with Gasteiger partial charge in [-0.05, 0) is 34.6 Å². The van der Waals surface area contributed by atoms with Gasteiger partial charge < -0.3 is 0 Å². The highest BCUT2D eigenvalue weighted by Gasteiger charge is 2.09. The van der Waals surface area contributed by atoms with E-state index in [0.717, 1.165) is 0 Å². The molecule has 98 valence electrons. The van der Waals surface area contributed by atoms with Crippen molar-refractivity contribution in [3.63, 3.8) is 0 Å². The van der Waals surface area contributed by atoms with Crippen molar-refractivity contribution < 1.29 is 0 Å². The van der Waals surface area contributed by atoms with Crippen molar-refractivity contribution in [1.29, 1.82) is 0 Å². The quantitative estimate of drug-likeness (QED) is 0.549. The van der Waals surface area contributed by atoms with Crippen LogP contribution in [0.25, 0.3) is 22.3 Å². The molecule has 3 aromatic carbocycles. The first-order chi connectivity index (χ1) is 9.90. The largest absolute Gasteiger partial charge is 0.129 e. The van der Waals surface area contributed by atoms with Crippen molar-refractivity contribution >= 4 is 11.8 Å². The van der Waals surface area contributed by atoms with Gasteiger partial charge in [-0.2, -0.15) is 0 Å². The summed E-state index contributed by atoms with van der Waals surface area (Å²) in [7, 11) is 0. The fraction of sp³-hybridized carbons (Fsp3) is 0.0526. The lowest BCUT2D eigenvalue weighted by molar-refractivity contribution is 1.44. The molecule has 3 rings (SSSR count). The Morgan fingerprint density at radius 1 is 0.550 bits per heavy atom. The molecule has 0 bridgehead atoms. The number of hydrogen-bond acceptors (Lipinski definition) is 1. The number of thioether (sulfide) groups is 1. The Hall–Kier alpha value is -1.99. The van der Waals surface area contributed by atoms with Gasteiger partial charge in [0.05, 0.1) is 0 Å². The molecule has 20 heavy (non-hydrogen) atoms. The van der Waals surface area contributed by atoms with Gasteiger partial charge >= 0.3 is 0 Å². The molecule has 1 heteroatoms. The second-order valence-corrected chi connectivity index (χ2v) is 5.46. The van der Waals surface area contributed by atoms with Crippen LogP contribution in [-0.2, 0) is 0 Å². The normalized spacial score (nSPS) is 10.4. The van der Waals surface area contributed by atoms with Crippen molar-refractivity contribution in [2.45, 2.75) is 4.90 Å². The Morgan fingerprint density at radius 2 is 1.10 bits per heavy atom. The van der Waals surface area contributed by atoms with Crippen LogP contribution >= 0.6 is 11.8 Å². The second-order valence-electron chi connectivity index (χ2n) is 4.61. The number of rotatable bonds is 3. The predicted molar refractivity (Wildman–Crippen MR) is 89.1 cm³/mol. The van der Waals surface area contributed by atoms with Crippen LogP contribution in [0.4, 0.5) is 0 Å². The average molecular weight is 276 g/mol. The Morgan fingerprint density at radius 3 is 1.80 bits per heavy atom. The smallest absolute Gasteiger partial charge is 0.0148 e. The molecular weight excluding hydrogens is 260 g/mol. The SMILES string of the molecule is CSc1ccccc1-c1ccccc1-c1ccccc1. The molecule has 0 amide bonds. The Bertz CT molecular complexity index is 702. The van der Waals surface area contributed by atoms with E-state index in [0.29, 0.717) is 0 Å². The van der Waals surface area contributed by atoms with Gasteiger partial charge in [-0.1, -0.05) is 72.8 Å².